The van der Waals surface area contributed by atoms with Gasteiger partial charge in [0.2, 0.25) is 10.0 Å². The van der Waals surface area contributed by atoms with Crippen LogP contribution in [0.25, 0.3) is 0 Å². The summed E-state index contributed by atoms with van der Waals surface area (Å²) in [5.74, 6) is 0.0493. The van der Waals surface area contributed by atoms with Crippen LogP contribution >= 0.6 is 0 Å². The Morgan fingerprint density at radius 3 is 2.84 bits per heavy atom. The summed E-state index contributed by atoms with van der Waals surface area (Å²) in [6, 6.07) is 5.46. The van der Waals surface area contributed by atoms with Gasteiger partial charge in [0.05, 0.1) is 12.4 Å². The molecule has 0 saturated carbocycles. The quantitative estimate of drug-likeness (QED) is 0.586. The zero-order chi connectivity index (χ0) is 14.0. The zero-order valence-electron chi connectivity index (χ0n) is 10.9. The number of nitrogens with zero attached hydrogens (tertiary/aromatic N) is 1. The van der Waals surface area contributed by atoms with Crippen LogP contribution in [-0.2, 0) is 21.2 Å². The minimum absolute atomic E-state index is 0.0493. The molecule has 0 aliphatic rings. The number of pyridine rings is 1. The first kappa shape index (κ1) is 16.0. The molecular formula is C12H21N3O3S. The SMILES string of the molecule is NCCOCCCNS(=O)(=O)CCc1ccccn1. The van der Waals surface area contributed by atoms with Gasteiger partial charge in [-0.25, -0.2) is 13.1 Å². The van der Waals surface area contributed by atoms with E-state index < -0.39 is 10.0 Å². The highest BCUT2D eigenvalue weighted by atomic mass is 32.2. The van der Waals surface area contributed by atoms with Crippen molar-refractivity contribution < 1.29 is 13.2 Å². The molecule has 1 aromatic heterocycles. The Morgan fingerprint density at radius 1 is 1.32 bits per heavy atom. The Labute approximate surface area is 114 Å². The van der Waals surface area contributed by atoms with Gasteiger partial charge >= 0.3 is 0 Å². The lowest BCUT2D eigenvalue weighted by atomic mass is 10.3. The molecule has 7 heteroatoms. The molecule has 3 N–H and O–H groups in total. The van der Waals surface area contributed by atoms with Crippen LogP contribution in [0, 0.1) is 0 Å². The Kier molecular flexibility index (Phi) is 7.57. The van der Waals surface area contributed by atoms with E-state index in [0.717, 1.165) is 5.69 Å². The monoisotopic (exact) mass is 287 g/mol. The lowest BCUT2D eigenvalue weighted by Crippen LogP contribution is -2.29. The molecule has 19 heavy (non-hydrogen) atoms. The van der Waals surface area contributed by atoms with Gasteiger partial charge in [-0.2, -0.15) is 0 Å². The van der Waals surface area contributed by atoms with Crippen LogP contribution in [0.3, 0.4) is 0 Å². The highest BCUT2D eigenvalue weighted by molar-refractivity contribution is 7.89. The summed E-state index contributed by atoms with van der Waals surface area (Å²) in [4.78, 5) is 4.09. The van der Waals surface area contributed by atoms with Crippen LogP contribution in [0.4, 0.5) is 0 Å². The molecule has 0 unspecified atom stereocenters. The van der Waals surface area contributed by atoms with Crippen LogP contribution in [0.1, 0.15) is 12.1 Å². The van der Waals surface area contributed by atoms with Crippen molar-refractivity contribution in [3.63, 3.8) is 0 Å². The molecule has 0 fully saturated rings. The molecule has 0 spiro atoms. The van der Waals surface area contributed by atoms with Crippen LogP contribution in [0.2, 0.25) is 0 Å². The number of hydrogen-bond donors (Lipinski definition) is 2. The van der Waals surface area contributed by atoms with Gasteiger partial charge in [0, 0.05) is 38.0 Å². The molecule has 0 aliphatic carbocycles. The summed E-state index contributed by atoms with van der Waals surface area (Å²) in [6.45, 7) is 1.89. The average Bonchev–Trinajstić information content (AvgIpc) is 2.42. The fourth-order valence-electron chi connectivity index (χ4n) is 1.44. The number of aryl methyl sites for hydroxylation is 1. The van der Waals surface area contributed by atoms with Gasteiger partial charge < -0.3 is 10.5 Å². The van der Waals surface area contributed by atoms with Crippen molar-refractivity contribution in [2.24, 2.45) is 5.73 Å². The largest absolute Gasteiger partial charge is 0.380 e. The minimum atomic E-state index is -3.24. The third-order valence-electron chi connectivity index (χ3n) is 2.40. The van der Waals surface area contributed by atoms with E-state index in [-0.39, 0.29) is 5.75 Å². The third kappa shape index (κ3) is 7.89. The van der Waals surface area contributed by atoms with Gasteiger partial charge in [0.25, 0.3) is 0 Å². The van der Waals surface area contributed by atoms with Crippen molar-refractivity contribution >= 4 is 10.0 Å². The van der Waals surface area contributed by atoms with Crippen LogP contribution in [0.15, 0.2) is 24.4 Å². The van der Waals surface area contributed by atoms with Crippen LogP contribution in [-0.4, -0.2) is 45.5 Å². The Morgan fingerprint density at radius 2 is 2.16 bits per heavy atom. The fourth-order valence-corrected chi connectivity index (χ4v) is 2.52. The Balaban J connectivity index is 2.17. The first-order valence-electron chi connectivity index (χ1n) is 6.29. The lowest BCUT2D eigenvalue weighted by Gasteiger charge is -2.06. The standard InChI is InChI=1S/C12H21N3O3S/c13-6-10-18-9-3-8-15-19(16,17)11-5-12-4-1-2-7-14-12/h1-2,4,7,15H,3,5-6,8-11,13H2. The van der Waals surface area contributed by atoms with Gasteiger partial charge in [0.15, 0.2) is 0 Å². The van der Waals surface area contributed by atoms with Gasteiger partial charge in [-0.05, 0) is 18.6 Å². The van der Waals surface area contributed by atoms with Crippen LogP contribution < -0.4 is 10.5 Å². The normalized spacial score (nSPS) is 11.6. The molecule has 0 bridgehead atoms. The van der Waals surface area contributed by atoms with E-state index in [1.807, 2.05) is 12.1 Å². The van der Waals surface area contributed by atoms with E-state index in [9.17, 15) is 8.42 Å². The molecule has 1 heterocycles. The molecule has 1 aromatic rings. The summed E-state index contributed by atoms with van der Waals surface area (Å²) >= 11 is 0. The third-order valence-corrected chi connectivity index (χ3v) is 3.79. The topological polar surface area (TPSA) is 94.3 Å². The zero-order valence-corrected chi connectivity index (χ0v) is 11.7. The van der Waals surface area contributed by atoms with E-state index in [2.05, 4.69) is 9.71 Å². The molecule has 6 nitrogen and oxygen atoms in total. The number of sulfonamides is 1. The van der Waals surface area contributed by atoms with Gasteiger partial charge in [-0.3, -0.25) is 4.98 Å². The molecule has 108 valence electrons. The number of nitrogens with two attached hydrogens (primary N) is 1. The van der Waals surface area contributed by atoms with E-state index in [0.29, 0.717) is 39.1 Å². The molecule has 0 amide bonds. The van der Waals surface area contributed by atoms with E-state index >= 15 is 0 Å². The first-order valence-corrected chi connectivity index (χ1v) is 7.94. The summed E-state index contributed by atoms with van der Waals surface area (Å²) in [6.07, 6.45) is 2.72. The van der Waals surface area contributed by atoms with Crippen molar-refractivity contribution in [3.05, 3.63) is 30.1 Å². The fraction of sp³-hybridized carbons (Fsp3) is 0.583. The summed E-state index contributed by atoms with van der Waals surface area (Å²) in [5.41, 5.74) is 6.04. The van der Waals surface area contributed by atoms with E-state index in [4.69, 9.17) is 10.5 Å². The van der Waals surface area contributed by atoms with Crippen molar-refractivity contribution in [2.45, 2.75) is 12.8 Å². The summed E-state index contributed by atoms with van der Waals surface area (Å²) in [7, 11) is -3.24. The molecule has 0 saturated heterocycles. The highest BCUT2D eigenvalue weighted by Gasteiger charge is 2.09. The second-order valence-corrected chi connectivity index (χ2v) is 5.97. The number of rotatable bonds is 10. The summed E-state index contributed by atoms with van der Waals surface area (Å²) < 4.78 is 31.1. The number of ether oxygens (including phenoxy) is 1. The maximum Gasteiger partial charge on any atom is 0.211 e. The second kappa shape index (κ2) is 8.98. The van der Waals surface area contributed by atoms with E-state index in [1.54, 1.807) is 12.3 Å². The van der Waals surface area contributed by atoms with Crippen molar-refractivity contribution in [1.29, 1.82) is 0 Å². The van der Waals surface area contributed by atoms with E-state index in [1.165, 1.54) is 0 Å². The van der Waals surface area contributed by atoms with Crippen molar-refractivity contribution in [2.75, 3.05) is 32.1 Å². The second-order valence-electron chi connectivity index (χ2n) is 4.04. The predicted molar refractivity (Wildman–Crippen MR) is 74.2 cm³/mol. The maximum absolute atomic E-state index is 11.7. The van der Waals surface area contributed by atoms with Crippen LogP contribution in [0.5, 0.6) is 0 Å². The first-order chi connectivity index (χ1) is 9.14. The summed E-state index contributed by atoms with van der Waals surface area (Å²) in [5, 5.41) is 0. The highest BCUT2D eigenvalue weighted by Crippen LogP contribution is 1.97. The number of aromatic nitrogens is 1. The predicted octanol–water partition coefficient (Wildman–Crippen LogP) is -0.0911. The minimum Gasteiger partial charge on any atom is -0.380 e. The molecule has 1 rings (SSSR count). The number of nitrogens with one attached hydrogen (secondary N) is 1. The molecular weight excluding hydrogens is 266 g/mol. The molecule has 0 radical (unpaired) electrons. The maximum atomic E-state index is 11.7. The van der Waals surface area contributed by atoms with Gasteiger partial charge in [0.1, 0.15) is 0 Å². The molecule has 0 atom stereocenters. The average molecular weight is 287 g/mol. The van der Waals surface area contributed by atoms with Gasteiger partial charge in [-0.1, -0.05) is 6.07 Å². The lowest BCUT2D eigenvalue weighted by molar-refractivity contribution is 0.140. The van der Waals surface area contributed by atoms with Gasteiger partial charge in [-0.15, -0.1) is 0 Å². The Hall–Kier alpha value is -1.02. The molecule has 0 aliphatic heterocycles. The molecule has 0 aromatic carbocycles. The van der Waals surface area contributed by atoms with Crippen molar-refractivity contribution in [1.82, 2.24) is 9.71 Å². The smallest absolute Gasteiger partial charge is 0.211 e. The number of hydrogen-bond acceptors (Lipinski definition) is 5. The van der Waals surface area contributed by atoms with Crippen molar-refractivity contribution in [3.8, 4) is 0 Å². The Bertz CT molecular complexity index is 437.